The van der Waals surface area contributed by atoms with Crippen LogP contribution in [0.15, 0.2) is 62.2 Å². The molecule has 0 unspecified atom stereocenters. The van der Waals surface area contributed by atoms with E-state index in [1.165, 1.54) is 12.7 Å². The second-order valence-electron chi connectivity index (χ2n) is 3.25. The van der Waals surface area contributed by atoms with Gasteiger partial charge >= 0.3 is 5.97 Å². The minimum Gasteiger partial charge on any atom is -0.466 e. The summed E-state index contributed by atoms with van der Waals surface area (Å²) < 4.78 is 4.14. The highest BCUT2D eigenvalue weighted by Crippen LogP contribution is 1.97. The van der Waals surface area contributed by atoms with Crippen LogP contribution in [0.1, 0.15) is 5.56 Å². The predicted molar refractivity (Wildman–Crippen MR) is 84.2 cm³/mol. The maximum atomic E-state index is 10.0. The van der Waals surface area contributed by atoms with Gasteiger partial charge in [0.2, 0.25) is 5.91 Å². The Morgan fingerprint density at radius 1 is 1.19 bits per heavy atom. The summed E-state index contributed by atoms with van der Waals surface area (Å²) in [6, 6.07) is 10.0. The second-order valence-corrected chi connectivity index (χ2v) is 3.25. The SMILES string of the molecule is C=CC(=O)NCO.C=CC(=O)OC.C=Cc1ccccc1. The average molecular weight is 291 g/mol. The summed E-state index contributed by atoms with van der Waals surface area (Å²) in [5.74, 6) is -0.752. The summed E-state index contributed by atoms with van der Waals surface area (Å²) in [5, 5.41) is 10.1. The van der Waals surface area contributed by atoms with Gasteiger partial charge in [-0.05, 0) is 11.6 Å². The molecular formula is C16H21NO4. The monoisotopic (exact) mass is 291 g/mol. The summed E-state index contributed by atoms with van der Waals surface area (Å²) in [6.45, 7) is 9.62. The molecule has 5 nitrogen and oxygen atoms in total. The van der Waals surface area contributed by atoms with Gasteiger partial charge in [-0.1, -0.05) is 56.1 Å². The normalized spacial score (nSPS) is 7.71. The quantitative estimate of drug-likeness (QED) is 0.505. The van der Waals surface area contributed by atoms with Crippen molar-refractivity contribution in [1.29, 1.82) is 0 Å². The van der Waals surface area contributed by atoms with Crippen molar-refractivity contribution in [2.75, 3.05) is 13.8 Å². The molecule has 0 radical (unpaired) electrons. The number of esters is 1. The molecule has 1 aromatic carbocycles. The molecule has 0 fully saturated rings. The molecule has 0 aliphatic carbocycles. The third-order valence-electron chi connectivity index (χ3n) is 1.84. The van der Waals surface area contributed by atoms with Gasteiger partial charge in [-0.15, -0.1) is 0 Å². The highest BCUT2D eigenvalue weighted by atomic mass is 16.5. The molecule has 5 heteroatoms. The fourth-order valence-corrected chi connectivity index (χ4v) is 0.823. The Labute approximate surface area is 125 Å². The molecule has 0 atom stereocenters. The Morgan fingerprint density at radius 3 is 1.95 bits per heavy atom. The van der Waals surface area contributed by atoms with Crippen molar-refractivity contribution in [3.8, 4) is 0 Å². The van der Waals surface area contributed by atoms with Crippen LogP contribution < -0.4 is 5.32 Å². The minimum absolute atomic E-state index is 0.329. The molecule has 0 aromatic heterocycles. The Balaban J connectivity index is 0. The molecule has 114 valence electrons. The fraction of sp³-hybridized carbons (Fsp3) is 0.125. The van der Waals surface area contributed by atoms with Gasteiger partial charge in [0.05, 0.1) is 7.11 Å². The van der Waals surface area contributed by atoms with Gasteiger partial charge in [-0.2, -0.15) is 0 Å². The number of hydrogen-bond acceptors (Lipinski definition) is 4. The zero-order valence-corrected chi connectivity index (χ0v) is 12.1. The van der Waals surface area contributed by atoms with Crippen molar-refractivity contribution in [2.24, 2.45) is 0 Å². The van der Waals surface area contributed by atoms with Crippen molar-refractivity contribution in [3.05, 3.63) is 67.8 Å². The molecule has 1 amide bonds. The van der Waals surface area contributed by atoms with E-state index in [9.17, 15) is 9.59 Å². The van der Waals surface area contributed by atoms with E-state index in [1.807, 2.05) is 36.4 Å². The lowest BCUT2D eigenvalue weighted by Gasteiger charge is -1.89. The summed E-state index contributed by atoms with van der Waals surface area (Å²) >= 11 is 0. The van der Waals surface area contributed by atoms with E-state index >= 15 is 0 Å². The molecule has 2 N–H and O–H groups in total. The van der Waals surface area contributed by atoms with Crippen LogP contribution in [0.5, 0.6) is 0 Å². The molecule has 0 saturated carbocycles. The lowest BCUT2D eigenvalue weighted by Crippen LogP contribution is -2.20. The molecule has 0 aliphatic rings. The number of rotatable bonds is 4. The third kappa shape index (κ3) is 15.3. The standard InChI is InChI=1S/C8H8.C4H7NO2.C4H6O2/c1-2-8-6-4-3-5-7-8;1-2-4(7)5-3-6;1-3-4(5)6-2/h2-7H,1H2;2,6H,1,3H2,(H,5,7);3H,1H2,2H3. The molecule has 0 spiro atoms. The first-order valence-corrected chi connectivity index (χ1v) is 5.94. The van der Waals surface area contributed by atoms with Crippen LogP contribution in [0.3, 0.4) is 0 Å². The van der Waals surface area contributed by atoms with Crippen LogP contribution in [-0.2, 0) is 14.3 Å². The largest absolute Gasteiger partial charge is 0.466 e. The molecule has 0 heterocycles. The summed E-state index contributed by atoms with van der Waals surface area (Å²) in [7, 11) is 1.31. The van der Waals surface area contributed by atoms with Crippen LogP contribution >= 0.6 is 0 Å². The summed E-state index contributed by atoms with van der Waals surface area (Å²) in [4.78, 5) is 19.9. The van der Waals surface area contributed by atoms with E-state index in [4.69, 9.17) is 5.11 Å². The number of methoxy groups -OCH3 is 1. The molecule has 0 bridgehead atoms. The third-order valence-corrected chi connectivity index (χ3v) is 1.84. The first kappa shape index (κ1) is 20.7. The van der Waals surface area contributed by atoms with E-state index in [0.29, 0.717) is 0 Å². The smallest absolute Gasteiger partial charge is 0.329 e. The van der Waals surface area contributed by atoms with Crippen LogP contribution in [0.25, 0.3) is 6.08 Å². The van der Waals surface area contributed by atoms with Crippen LogP contribution in [0.4, 0.5) is 0 Å². The Hall–Kier alpha value is -2.66. The second kappa shape index (κ2) is 15.4. The first-order chi connectivity index (χ1) is 10.0. The fourth-order valence-electron chi connectivity index (χ4n) is 0.823. The molecular weight excluding hydrogens is 270 g/mol. The Kier molecular flexibility index (Phi) is 15.1. The van der Waals surface area contributed by atoms with Gasteiger partial charge in [0.1, 0.15) is 6.73 Å². The van der Waals surface area contributed by atoms with Crippen molar-refractivity contribution in [2.45, 2.75) is 0 Å². The van der Waals surface area contributed by atoms with Gasteiger partial charge in [-0.3, -0.25) is 4.79 Å². The zero-order chi connectivity index (χ0) is 16.5. The molecule has 0 saturated heterocycles. The maximum Gasteiger partial charge on any atom is 0.329 e. The lowest BCUT2D eigenvalue weighted by atomic mass is 10.2. The molecule has 0 aliphatic heterocycles. The van der Waals surface area contributed by atoms with Gasteiger partial charge in [0.15, 0.2) is 0 Å². The molecule has 1 aromatic rings. The van der Waals surface area contributed by atoms with Crippen LogP contribution in [-0.4, -0.2) is 30.8 Å². The van der Waals surface area contributed by atoms with Crippen molar-refractivity contribution >= 4 is 18.0 Å². The zero-order valence-electron chi connectivity index (χ0n) is 12.1. The number of ether oxygens (including phenoxy) is 1. The maximum absolute atomic E-state index is 10.0. The van der Waals surface area contributed by atoms with E-state index in [2.05, 4.69) is 29.8 Å². The number of carbonyl (C=O) groups excluding carboxylic acids is 2. The predicted octanol–water partition coefficient (Wildman–Crippen LogP) is 1.91. The van der Waals surface area contributed by atoms with Crippen LogP contribution in [0.2, 0.25) is 0 Å². The van der Waals surface area contributed by atoms with Gasteiger partial charge in [0.25, 0.3) is 0 Å². The highest BCUT2D eigenvalue weighted by Gasteiger charge is 1.84. The number of aliphatic hydroxyl groups excluding tert-OH is 1. The Bertz CT molecular complexity index is 441. The molecule has 1 rings (SSSR count). The van der Waals surface area contributed by atoms with Crippen LogP contribution in [0, 0.1) is 0 Å². The van der Waals surface area contributed by atoms with E-state index in [-0.39, 0.29) is 12.6 Å². The van der Waals surface area contributed by atoms with Gasteiger partial charge in [-0.25, -0.2) is 4.79 Å². The summed E-state index contributed by atoms with van der Waals surface area (Å²) in [6.07, 6.45) is 4.04. The number of carbonyl (C=O) groups is 2. The van der Waals surface area contributed by atoms with Crippen molar-refractivity contribution in [1.82, 2.24) is 5.32 Å². The van der Waals surface area contributed by atoms with E-state index in [1.54, 1.807) is 0 Å². The Morgan fingerprint density at radius 2 is 1.76 bits per heavy atom. The van der Waals surface area contributed by atoms with Crippen molar-refractivity contribution in [3.63, 3.8) is 0 Å². The number of nitrogens with one attached hydrogen (secondary N) is 1. The highest BCUT2D eigenvalue weighted by molar-refractivity contribution is 5.86. The average Bonchev–Trinajstić information content (AvgIpc) is 2.56. The lowest BCUT2D eigenvalue weighted by molar-refractivity contribution is -0.134. The first-order valence-electron chi connectivity index (χ1n) is 5.94. The summed E-state index contributed by atoms with van der Waals surface area (Å²) in [5.41, 5.74) is 1.17. The number of amides is 1. The minimum atomic E-state index is -0.394. The van der Waals surface area contributed by atoms with Crippen molar-refractivity contribution < 1.29 is 19.4 Å². The number of aliphatic hydroxyl groups is 1. The van der Waals surface area contributed by atoms with E-state index < -0.39 is 5.97 Å². The topological polar surface area (TPSA) is 75.6 Å². The van der Waals surface area contributed by atoms with Gasteiger partial charge < -0.3 is 15.2 Å². The number of hydrogen-bond donors (Lipinski definition) is 2. The number of benzene rings is 1. The molecule has 21 heavy (non-hydrogen) atoms. The van der Waals surface area contributed by atoms with Gasteiger partial charge in [0, 0.05) is 6.08 Å². The van der Waals surface area contributed by atoms with E-state index in [0.717, 1.165) is 12.2 Å².